The number of carbonyl (C=O) groups is 1. The number of hydrogen-bond donors (Lipinski definition) is 3. The van der Waals surface area contributed by atoms with Gasteiger partial charge in [0.25, 0.3) is 10.1 Å². The first kappa shape index (κ1) is 43.8. The van der Waals surface area contributed by atoms with Gasteiger partial charge in [0, 0.05) is 6.42 Å². The highest BCUT2D eigenvalue weighted by Crippen LogP contribution is 2.11. The monoisotopic (exact) mass is 661 g/mol. The highest BCUT2D eigenvalue weighted by atomic mass is 32.2. The third kappa shape index (κ3) is 33.2. The fraction of sp³-hybridized carbons (Fsp3) is 0.667. The minimum absolute atomic E-state index is 0.245. The third-order valence-electron chi connectivity index (χ3n) is 7.59. The fourth-order valence-corrected chi connectivity index (χ4v) is 5.64. The minimum atomic E-state index is -4.37. The predicted molar refractivity (Wildman–Crippen MR) is 197 cm³/mol. The van der Waals surface area contributed by atoms with E-state index in [1.165, 1.54) is 63.9 Å². The van der Waals surface area contributed by atoms with Gasteiger partial charge >= 0.3 is 0 Å². The van der Waals surface area contributed by atoms with Crippen molar-refractivity contribution in [3.05, 3.63) is 72.9 Å². The molecule has 0 saturated heterocycles. The molecule has 0 aromatic carbocycles. The first-order valence-corrected chi connectivity index (χ1v) is 19.7. The van der Waals surface area contributed by atoms with Crippen LogP contribution in [0.15, 0.2) is 72.9 Å². The molecule has 264 valence electrons. The Morgan fingerprint density at radius 1 is 0.609 bits per heavy atom. The van der Waals surface area contributed by atoms with Crippen LogP contribution in [-0.2, 0) is 14.9 Å². The summed E-state index contributed by atoms with van der Waals surface area (Å²) < 4.78 is 32.3. The quantitative estimate of drug-likeness (QED) is 0.0390. The van der Waals surface area contributed by atoms with Crippen molar-refractivity contribution in [1.82, 2.24) is 5.32 Å². The molecule has 0 bridgehead atoms. The van der Waals surface area contributed by atoms with E-state index in [1.54, 1.807) is 6.08 Å². The molecule has 0 aromatic rings. The van der Waals surface area contributed by atoms with Gasteiger partial charge in [-0.3, -0.25) is 9.35 Å². The molecule has 0 spiro atoms. The second-order valence-corrected chi connectivity index (χ2v) is 13.6. The van der Waals surface area contributed by atoms with Crippen LogP contribution < -0.4 is 5.32 Å². The van der Waals surface area contributed by atoms with E-state index in [0.717, 1.165) is 57.8 Å². The maximum Gasteiger partial charge on any atom is 0.267 e. The number of aliphatic hydroxyl groups is 1. The molecular formula is C39H67NO5S. The summed E-state index contributed by atoms with van der Waals surface area (Å²) in [6, 6.07) is -1.10. The lowest BCUT2D eigenvalue weighted by molar-refractivity contribution is -0.122. The van der Waals surface area contributed by atoms with E-state index in [2.05, 4.69) is 79.9 Å². The number of amides is 1. The number of nitrogens with one attached hydrogen (secondary N) is 1. The number of unbranched alkanes of at least 4 members (excludes halogenated alkanes) is 13. The maximum atomic E-state index is 12.4. The van der Waals surface area contributed by atoms with Gasteiger partial charge in [-0.1, -0.05) is 138 Å². The molecule has 0 aliphatic rings. The summed E-state index contributed by atoms with van der Waals surface area (Å²) in [6.45, 7) is 4.38. The zero-order chi connectivity index (χ0) is 34.0. The molecule has 0 aromatic heterocycles. The van der Waals surface area contributed by atoms with E-state index in [4.69, 9.17) is 0 Å². The van der Waals surface area contributed by atoms with Crippen molar-refractivity contribution < 1.29 is 22.9 Å². The van der Waals surface area contributed by atoms with E-state index >= 15 is 0 Å². The van der Waals surface area contributed by atoms with Gasteiger partial charge in [-0.15, -0.1) is 0 Å². The lowest BCUT2D eigenvalue weighted by atomic mass is 10.1. The Labute approximate surface area is 283 Å². The first-order chi connectivity index (χ1) is 22.3. The van der Waals surface area contributed by atoms with E-state index in [9.17, 15) is 22.9 Å². The normalized spacial score (nSPS) is 14.3. The Balaban J connectivity index is 4.14. The zero-order valence-electron chi connectivity index (χ0n) is 29.2. The summed E-state index contributed by atoms with van der Waals surface area (Å²) in [6.07, 6.45) is 46.0. The van der Waals surface area contributed by atoms with Crippen LogP contribution in [-0.4, -0.2) is 41.9 Å². The Kier molecular flexibility index (Phi) is 31.1. The molecule has 46 heavy (non-hydrogen) atoms. The number of rotatable bonds is 31. The summed E-state index contributed by atoms with van der Waals surface area (Å²) in [5.41, 5.74) is 0. The van der Waals surface area contributed by atoms with Gasteiger partial charge in [-0.05, 0) is 77.0 Å². The molecule has 0 aliphatic carbocycles. The van der Waals surface area contributed by atoms with Crippen LogP contribution in [0, 0.1) is 0 Å². The van der Waals surface area contributed by atoms with Crippen LogP contribution in [0.2, 0.25) is 0 Å². The van der Waals surface area contributed by atoms with Gasteiger partial charge in [0.05, 0.1) is 17.9 Å². The highest BCUT2D eigenvalue weighted by molar-refractivity contribution is 7.85. The Hall–Kier alpha value is -2.22. The summed E-state index contributed by atoms with van der Waals surface area (Å²) in [7, 11) is -4.37. The number of carbonyl (C=O) groups excluding carboxylic acids is 1. The van der Waals surface area contributed by atoms with Gasteiger partial charge < -0.3 is 10.4 Å². The minimum Gasteiger partial charge on any atom is -0.387 e. The van der Waals surface area contributed by atoms with Gasteiger partial charge in [-0.2, -0.15) is 8.42 Å². The molecule has 0 saturated carbocycles. The molecule has 0 rings (SSSR count). The fourth-order valence-electron chi connectivity index (χ4n) is 4.90. The maximum absolute atomic E-state index is 12.4. The standard InChI is InChI=1S/C39H67NO5S/c1-3-5-7-9-11-13-15-17-18-19-20-21-23-24-26-28-30-32-34-38(41)37(36-46(43,44)45)40-39(42)35-33-31-29-27-25-22-16-14-12-10-8-6-4-2/h6,8,12,14,19-20,22,24-26,32,34,37-38,41H,3-5,7,9-11,13,15-18,21,23,27-31,33,35-36H2,1-2H3,(H,40,42)(H,43,44,45)/b8-6-,14-12-,20-19+,25-22-,26-24+,34-32+. The van der Waals surface area contributed by atoms with Gasteiger partial charge in [-0.25, -0.2) is 0 Å². The molecule has 0 aliphatic heterocycles. The SMILES string of the molecule is CC/C=C\C/C=C\C/C=C\CCCCCC(=O)NC(CS(=O)(=O)O)C(O)/C=C/CC/C=C/CC/C=C/CCCCCCCCCC. The van der Waals surface area contributed by atoms with E-state index in [0.29, 0.717) is 12.8 Å². The van der Waals surface area contributed by atoms with Crippen LogP contribution in [0.25, 0.3) is 0 Å². The Morgan fingerprint density at radius 2 is 1.07 bits per heavy atom. The van der Waals surface area contributed by atoms with E-state index in [1.807, 2.05) is 0 Å². The van der Waals surface area contributed by atoms with E-state index in [-0.39, 0.29) is 12.3 Å². The van der Waals surface area contributed by atoms with Crippen molar-refractivity contribution >= 4 is 16.0 Å². The first-order valence-electron chi connectivity index (χ1n) is 18.1. The molecule has 2 unspecified atom stereocenters. The molecule has 2 atom stereocenters. The molecule has 0 radical (unpaired) electrons. The summed E-state index contributed by atoms with van der Waals surface area (Å²) in [5.74, 6) is -1.06. The number of hydrogen-bond acceptors (Lipinski definition) is 4. The van der Waals surface area contributed by atoms with Crippen LogP contribution in [0.4, 0.5) is 0 Å². The van der Waals surface area contributed by atoms with Crippen molar-refractivity contribution in [2.75, 3.05) is 5.75 Å². The molecular weight excluding hydrogens is 594 g/mol. The van der Waals surface area contributed by atoms with Crippen molar-refractivity contribution in [2.45, 2.75) is 161 Å². The van der Waals surface area contributed by atoms with Crippen molar-refractivity contribution in [3.8, 4) is 0 Å². The van der Waals surface area contributed by atoms with Crippen LogP contribution in [0.3, 0.4) is 0 Å². The predicted octanol–water partition coefficient (Wildman–Crippen LogP) is 10.3. The van der Waals surface area contributed by atoms with Crippen molar-refractivity contribution in [2.24, 2.45) is 0 Å². The van der Waals surface area contributed by atoms with Crippen molar-refractivity contribution in [3.63, 3.8) is 0 Å². The topological polar surface area (TPSA) is 104 Å². The second kappa shape index (κ2) is 32.7. The molecule has 0 heterocycles. The average Bonchev–Trinajstić information content (AvgIpc) is 3.01. The smallest absolute Gasteiger partial charge is 0.267 e. The second-order valence-electron chi connectivity index (χ2n) is 12.1. The Morgan fingerprint density at radius 3 is 1.63 bits per heavy atom. The lowest BCUT2D eigenvalue weighted by Gasteiger charge is -2.21. The number of aliphatic hydroxyl groups excluding tert-OH is 1. The van der Waals surface area contributed by atoms with Crippen LogP contribution >= 0.6 is 0 Å². The van der Waals surface area contributed by atoms with Gasteiger partial charge in [0.1, 0.15) is 0 Å². The zero-order valence-corrected chi connectivity index (χ0v) is 30.0. The number of allylic oxidation sites excluding steroid dienone is 11. The van der Waals surface area contributed by atoms with Crippen LogP contribution in [0.5, 0.6) is 0 Å². The molecule has 6 nitrogen and oxygen atoms in total. The molecule has 1 amide bonds. The van der Waals surface area contributed by atoms with Crippen molar-refractivity contribution in [1.29, 1.82) is 0 Å². The summed E-state index contributed by atoms with van der Waals surface area (Å²) in [4.78, 5) is 12.4. The summed E-state index contributed by atoms with van der Waals surface area (Å²) in [5, 5.41) is 13.1. The molecule has 3 N–H and O–H groups in total. The largest absolute Gasteiger partial charge is 0.387 e. The van der Waals surface area contributed by atoms with E-state index < -0.39 is 28.0 Å². The highest BCUT2D eigenvalue weighted by Gasteiger charge is 2.24. The molecule has 0 fully saturated rings. The lowest BCUT2D eigenvalue weighted by Crippen LogP contribution is -2.46. The van der Waals surface area contributed by atoms with Gasteiger partial charge in [0.15, 0.2) is 0 Å². The Bertz CT molecular complexity index is 994. The summed E-state index contributed by atoms with van der Waals surface area (Å²) >= 11 is 0. The van der Waals surface area contributed by atoms with Crippen LogP contribution in [0.1, 0.15) is 149 Å². The molecule has 7 heteroatoms. The van der Waals surface area contributed by atoms with Gasteiger partial charge in [0.2, 0.25) is 5.91 Å². The average molecular weight is 662 g/mol. The third-order valence-corrected chi connectivity index (χ3v) is 8.37.